The van der Waals surface area contributed by atoms with E-state index >= 15 is 0 Å². The maximum atomic E-state index is 12.0. The molecule has 0 bridgehead atoms. The summed E-state index contributed by atoms with van der Waals surface area (Å²) in [5.74, 6) is -1.33. The van der Waals surface area contributed by atoms with Crippen LogP contribution in [0.2, 0.25) is 0 Å². The smallest absolute Gasteiger partial charge is 0.342 e. The Kier molecular flexibility index (Phi) is 6.39. The molecule has 0 saturated carbocycles. The Morgan fingerprint density at radius 3 is 2.60 bits per heavy atom. The number of aromatic hydroxyl groups is 1. The van der Waals surface area contributed by atoms with Crippen LogP contribution in [0, 0.1) is 6.92 Å². The number of hydrogen-bond acceptors (Lipinski definition) is 5. The van der Waals surface area contributed by atoms with Crippen molar-refractivity contribution in [3.63, 3.8) is 0 Å². The molecule has 0 aromatic heterocycles. The summed E-state index contributed by atoms with van der Waals surface area (Å²) in [7, 11) is 1.38. The highest BCUT2D eigenvalue weighted by atomic mass is 16.5. The summed E-state index contributed by atoms with van der Waals surface area (Å²) >= 11 is 0. The third kappa shape index (κ3) is 4.97. The van der Waals surface area contributed by atoms with Gasteiger partial charge in [-0.2, -0.15) is 0 Å². The van der Waals surface area contributed by atoms with Gasteiger partial charge in [-0.15, -0.1) is 0 Å². The number of nitrogens with one attached hydrogen (secondary N) is 1. The van der Waals surface area contributed by atoms with E-state index in [9.17, 15) is 14.7 Å². The zero-order chi connectivity index (χ0) is 18.2. The van der Waals surface area contributed by atoms with E-state index in [2.05, 4.69) is 5.32 Å². The van der Waals surface area contributed by atoms with Gasteiger partial charge in [0.1, 0.15) is 5.56 Å². The fourth-order valence-corrected chi connectivity index (χ4v) is 2.34. The molecule has 0 radical (unpaired) electrons. The van der Waals surface area contributed by atoms with Crippen molar-refractivity contribution in [3.05, 3.63) is 59.2 Å². The van der Waals surface area contributed by atoms with E-state index in [0.29, 0.717) is 13.0 Å². The van der Waals surface area contributed by atoms with Crippen LogP contribution in [0.5, 0.6) is 11.5 Å². The van der Waals surface area contributed by atoms with E-state index < -0.39 is 18.5 Å². The molecule has 2 aromatic carbocycles. The van der Waals surface area contributed by atoms with Gasteiger partial charge in [0, 0.05) is 6.54 Å². The number of benzene rings is 2. The molecule has 1 amide bonds. The van der Waals surface area contributed by atoms with E-state index in [0.717, 1.165) is 11.1 Å². The summed E-state index contributed by atoms with van der Waals surface area (Å²) in [6, 6.07) is 12.4. The Morgan fingerprint density at radius 2 is 1.88 bits per heavy atom. The van der Waals surface area contributed by atoms with Gasteiger partial charge in [0.2, 0.25) is 0 Å². The van der Waals surface area contributed by atoms with Crippen LogP contribution in [0.15, 0.2) is 42.5 Å². The monoisotopic (exact) mass is 343 g/mol. The van der Waals surface area contributed by atoms with Crippen LogP contribution < -0.4 is 10.1 Å². The van der Waals surface area contributed by atoms with Gasteiger partial charge in [0.25, 0.3) is 5.91 Å². The summed E-state index contributed by atoms with van der Waals surface area (Å²) in [4.78, 5) is 23.7. The van der Waals surface area contributed by atoms with Gasteiger partial charge in [-0.05, 0) is 36.6 Å². The van der Waals surface area contributed by atoms with Gasteiger partial charge < -0.3 is 19.9 Å². The molecular formula is C19H21NO5. The first-order valence-corrected chi connectivity index (χ1v) is 7.87. The van der Waals surface area contributed by atoms with Crippen molar-refractivity contribution in [1.82, 2.24) is 5.32 Å². The van der Waals surface area contributed by atoms with Crippen molar-refractivity contribution in [3.8, 4) is 11.5 Å². The summed E-state index contributed by atoms with van der Waals surface area (Å²) in [5.41, 5.74) is 2.27. The average molecular weight is 343 g/mol. The molecule has 2 rings (SSSR count). The molecule has 0 fully saturated rings. The Morgan fingerprint density at radius 1 is 1.12 bits per heavy atom. The topological polar surface area (TPSA) is 84.9 Å². The third-order valence-corrected chi connectivity index (χ3v) is 3.75. The van der Waals surface area contributed by atoms with E-state index in [1.807, 2.05) is 31.2 Å². The fourth-order valence-electron chi connectivity index (χ4n) is 2.34. The molecule has 0 aliphatic heterocycles. The third-order valence-electron chi connectivity index (χ3n) is 3.75. The molecule has 25 heavy (non-hydrogen) atoms. The van der Waals surface area contributed by atoms with E-state index in [1.165, 1.54) is 19.2 Å². The summed E-state index contributed by atoms with van der Waals surface area (Å²) in [6.07, 6.45) is 0.697. The van der Waals surface area contributed by atoms with E-state index in [-0.39, 0.29) is 17.1 Å². The van der Waals surface area contributed by atoms with Crippen molar-refractivity contribution in [2.75, 3.05) is 20.3 Å². The fraction of sp³-hybridized carbons (Fsp3) is 0.263. The maximum absolute atomic E-state index is 12.0. The molecule has 132 valence electrons. The van der Waals surface area contributed by atoms with Gasteiger partial charge in [-0.1, -0.05) is 30.3 Å². The minimum atomic E-state index is -0.787. The standard InChI is InChI=1S/C19H21NO5/c1-13-6-3-4-7-14(13)10-11-20-17(21)12-25-19(23)15-8-5-9-16(24-2)18(15)22/h3-9,22H,10-12H2,1-2H3,(H,20,21). The first-order valence-electron chi connectivity index (χ1n) is 7.87. The van der Waals surface area contributed by atoms with Crippen molar-refractivity contribution < 1.29 is 24.2 Å². The number of phenolic OH excluding ortho intramolecular Hbond substituents is 1. The molecule has 6 nitrogen and oxygen atoms in total. The first kappa shape index (κ1) is 18.3. The SMILES string of the molecule is COc1cccc(C(=O)OCC(=O)NCCc2ccccc2C)c1O. The van der Waals surface area contributed by atoms with Crippen molar-refractivity contribution in [2.45, 2.75) is 13.3 Å². The normalized spacial score (nSPS) is 10.2. The number of para-hydroxylation sites is 1. The second-order valence-electron chi connectivity index (χ2n) is 5.46. The van der Waals surface area contributed by atoms with Gasteiger partial charge in [-0.25, -0.2) is 4.79 Å². The number of esters is 1. The van der Waals surface area contributed by atoms with Gasteiger partial charge >= 0.3 is 5.97 Å². The number of phenols is 1. The van der Waals surface area contributed by atoms with Crippen LogP contribution in [-0.4, -0.2) is 37.2 Å². The number of rotatable bonds is 7. The number of carbonyl (C=O) groups excluding carboxylic acids is 2. The number of ether oxygens (including phenoxy) is 2. The number of amides is 1. The highest BCUT2D eigenvalue weighted by Gasteiger charge is 2.17. The highest BCUT2D eigenvalue weighted by Crippen LogP contribution is 2.29. The van der Waals surface area contributed by atoms with Crippen molar-refractivity contribution >= 4 is 11.9 Å². The zero-order valence-corrected chi connectivity index (χ0v) is 14.2. The van der Waals surface area contributed by atoms with E-state index in [1.54, 1.807) is 6.07 Å². The largest absolute Gasteiger partial charge is 0.504 e. The minimum Gasteiger partial charge on any atom is -0.504 e. The van der Waals surface area contributed by atoms with Crippen LogP contribution in [0.1, 0.15) is 21.5 Å². The van der Waals surface area contributed by atoms with Crippen LogP contribution in [-0.2, 0) is 16.0 Å². The van der Waals surface area contributed by atoms with Gasteiger partial charge in [-0.3, -0.25) is 4.79 Å². The molecule has 2 N–H and O–H groups in total. The number of hydrogen-bond donors (Lipinski definition) is 2. The lowest BCUT2D eigenvalue weighted by Crippen LogP contribution is -2.30. The Balaban J connectivity index is 1.80. The van der Waals surface area contributed by atoms with Crippen LogP contribution in [0.25, 0.3) is 0 Å². The minimum absolute atomic E-state index is 0.0490. The quantitative estimate of drug-likeness (QED) is 0.753. The Bertz CT molecular complexity index is 757. The molecule has 0 saturated heterocycles. The molecule has 6 heteroatoms. The van der Waals surface area contributed by atoms with Gasteiger partial charge in [0.05, 0.1) is 7.11 Å². The second kappa shape index (κ2) is 8.73. The highest BCUT2D eigenvalue weighted by molar-refractivity contribution is 5.94. The molecule has 0 atom stereocenters. The summed E-state index contributed by atoms with van der Waals surface area (Å²) in [6.45, 7) is 2.05. The molecular weight excluding hydrogens is 322 g/mol. The zero-order valence-electron chi connectivity index (χ0n) is 14.2. The second-order valence-corrected chi connectivity index (χ2v) is 5.46. The summed E-state index contributed by atoms with van der Waals surface area (Å²) in [5, 5.41) is 12.6. The Labute approximate surface area is 146 Å². The maximum Gasteiger partial charge on any atom is 0.342 e. The first-order chi connectivity index (χ1) is 12.0. The lowest BCUT2D eigenvalue weighted by Gasteiger charge is -2.10. The van der Waals surface area contributed by atoms with E-state index in [4.69, 9.17) is 9.47 Å². The molecule has 0 spiro atoms. The lowest BCUT2D eigenvalue weighted by molar-refractivity contribution is -0.124. The van der Waals surface area contributed by atoms with Crippen molar-refractivity contribution in [2.24, 2.45) is 0 Å². The number of aryl methyl sites for hydroxylation is 1. The molecule has 0 heterocycles. The van der Waals surface area contributed by atoms with Crippen LogP contribution >= 0.6 is 0 Å². The molecule has 0 unspecified atom stereocenters. The van der Waals surface area contributed by atoms with Gasteiger partial charge in [0.15, 0.2) is 18.1 Å². The average Bonchev–Trinajstić information content (AvgIpc) is 2.61. The summed E-state index contributed by atoms with van der Waals surface area (Å²) < 4.78 is 9.86. The number of carbonyl (C=O) groups is 2. The van der Waals surface area contributed by atoms with Crippen LogP contribution in [0.4, 0.5) is 0 Å². The predicted octanol–water partition coefficient (Wildman–Crippen LogP) is 2.22. The number of methoxy groups -OCH3 is 1. The molecule has 0 aliphatic rings. The molecule has 2 aromatic rings. The Hall–Kier alpha value is -3.02. The van der Waals surface area contributed by atoms with Crippen molar-refractivity contribution in [1.29, 1.82) is 0 Å². The molecule has 0 aliphatic carbocycles. The predicted molar refractivity (Wildman–Crippen MR) is 92.8 cm³/mol. The van der Waals surface area contributed by atoms with Crippen LogP contribution in [0.3, 0.4) is 0 Å². The lowest BCUT2D eigenvalue weighted by atomic mass is 10.1.